The van der Waals surface area contributed by atoms with Crippen molar-refractivity contribution in [3.05, 3.63) is 89.6 Å². The van der Waals surface area contributed by atoms with Crippen LogP contribution in [0, 0.1) is 0 Å². The molecule has 7 nitrogen and oxygen atoms in total. The summed E-state index contributed by atoms with van der Waals surface area (Å²) in [4.78, 5) is 16.1. The summed E-state index contributed by atoms with van der Waals surface area (Å²) < 4.78 is 0. The van der Waals surface area contributed by atoms with Crippen molar-refractivity contribution in [1.29, 1.82) is 0 Å². The minimum absolute atomic E-state index is 0.155. The Morgan fingerprint density at radius 2 is 1.86 bits per heavy atom. The highest BCUT2D eigenvalue weighted by Gasteiger charge is 2.12. The number of nitrogens with one attached hydrogen (secondary N) is 4. The van der Waals surface area contributed by atoms with Gasteiger partial charge in [-0.2, -0.15) is 0 Å². The van der Waals surface area contributed by atoms with Crippen LogP contribution < -0.4 is 27.0 Å². The molecule has 2 aromatic carbocycles. The molecule has 1 aromatic heterocycles. The summed E-state index contributed by atoms with van der Waals surface area (Å²) in [6.45, 7) is 7.25. The van der Waals surface area contributed by atoms with Crippen molar-refractivity contribution in [2.24, 2.45) is 0 Å². The van der Waals surface area contributed by atoms with E-state index in [9.17, 15) is 4.79 Å². The van der Waals surface area contributed by atoms with Crippen LogP contribution in [0.25, 0.3) is 0 Å². The number of nitrogens with zero attached hydrogens (tertiary/aromatic N) is 1. The molecule has 0 spiro atoms. The molecular weight excluding hydrogens is 436 g/mol. The fourth-order valence-electron chi connectivity index (χ4n) is 3.81. The second kappa shape index (κ2) is 14.9. The molecule has 0 saturated carbocycles. The highest BCUT2D eigenvalue weighted by atomic mass is 16.1. The summed E-state index contributed by atoms with van der Waals surface area (Å²) in [6.07, 6.45) is 5.25. The van der Waals surface area contributed by atoms with Crippen LogP contribution in [-0.2, 0) is 6.54 Å². The van der Waals surface area contributed by atoms with E-state index in [4.69, 9.17) is 5.73 Å². The van der Waals surface area contributed by atoms with Crippen molar-refractivity contribution in [1.82, 2.24) is 20.9 Å². The molecule has 186 valence electrons. The van der Waals surface area contributed by atoms with E-state index in [1.54, 1.807) is 18.3 Å². The molecule has 6 N–H and O–H groups in total. The molecule has 4 rings (SSSR count). The molecule has 0 aliphatic carbocycles. The van der Waals surface area contributed by atoms with Gasteiger partial charge in [-0.3, -0.25) is 4.79 Å². The van der Waals surface area contributed by atoms with E-state index < -0.39 is 0 Å². The normalized spacial score (nSPS) is 15.1. The summed E-state index contributed by atoms with van der Waals surface area (Å²) in [5.74, 6) is 0.227. The first-order chi connectivity index (χ1) is 17.2. The maximum atomic E-state index is 12.2. The Bertz CT molecular complexity index is 1000. The average Bonchev–Trinajstić information content (AvgIpc) is 2.90. The number of carbonyl (C=O) groups excluding carboxylic acids is 1. The maximum Gasteiger partial charge on any atom is 0.255 e. The van der Waals surface area contributed by atoms with E-state index in [0.717, 1.165) is 32.7 Å². The molecule has 1 saturated heterocycles. The first-order valence-electron chi connectivity index (χ1n) is 12.5. The molecular formula is C28H38N6O. The summed E-state index contributed by atoms with van der Waals surface area (Å²) in [6, 6.07) is 22.0. The number of piperazine rings is 1. The zero-order valence-electron chi connectivity index (χ0n) is 20.6. The topological polar surface area (TPSA) is 104 Å². The van der Waals surface area contributed by atoms with Crippen LogP contribution in [0.5, 0.6) is 0 Å². The van der Waals surface area contributed by atoms with Gasteiger partial charge in [0.25, 0.3) is 5.91 Å². The fraction of sp³-hybridized carbons (Fsp3) is 0.357. The Balaban J connectivity index is 0.000000237. The third kappa shape index (κ3) is 9.48. The number of amides is 1. The molecule has 1 amide bonds. The van der Waals surface area contributed by atoms with Crippen molar-refractivity contribution in [3.63, 3.8) is 0 Å². The van der Waals surface area contributed by atoms with Crippen molar-refractivity contribution in [2.45, 2.75) is 38.8 Å². The highest BCUT2D eigenvalue weighted by Crippen LogP contribution is 2.13. The average molecular weight is 475 g/mol. The predicted molar refractivity (Wildman–Crippen MR) is 144 cm³/mol. The molecule has 1 fully saturated rings. The number of nitrogens with two attached hydrogens (primary N) is 1. The Morgan fingerprint density at radius 3 is 2.54 bits per heavy atom. The molecule has 3 aromatic rings. The molecule has 1 unspecified atom stereocenters. The van der Waals surface area contributed by atoms with Gasteiger partial charge in [-0.05, 0) is 42.3 Å². The van der Waals surface area contributed by atoms with E-state index in [0.29, 0.717) is 23.1 Å². The Labute approximate surface area is 208 Å². The second-order valence-corrected chi connectivity index (χ2v) is 8.63. The number of pyridine rings is 1. The number of hydrogen-bond donors (Lipinski definition) is 5. The van der Waals surface area contributed by atoms with Gasteiger partial charge in [0.05, 0.1) is 0 Å². The van der Waals surface area contributed by atoms with Crippen molar-refractivity contribution >= 4 is 17.4 Å². The van der Waals surface area contributed by atoms with E-state index in [-0.39, 0.29) is 5.91 Å². The molecule has 0 radical (unpaired) electrons. The molecule has 2 heterocycles. The summed E-state index contributed by atoms with van der Waals surface area (Å²) in [5, 5.41) is 13.1. The largest absolute Gasteiger partial charge is 0.384 e. The number of hydrogen-bond acceptors (Lipinski definition) is 6. The maximum absolute atomic E-state index is 12.2. The van der Waals surface area contributed by atoms with Crippen molar-refractivity contribution in [3.8, 4) is 0 Å². The van der Waals surface area contributed by atoms with Gasteiger partial charge < -0.3 is 27.0 Å². The van der Waals surface area contributed by atoms with Crippen LogP contribution in [-0.4, -0.2) is 37.1 Å². The van der Waals surface area contributed by atoms with Crippen molar-refractivity contribution < 1.29 is 4.79 Å². The number of aromatic nitrogens is 1. The van der Waals surface area contributed by atoms with Crippen LogP contribution in [0.15, 0.2) is 72.9 Å². The smallest absolute Gasteiger partial charge is 0.255 e. The molecule has 1 atom stereocenters. The number of nitrogen functional groups attached to an aromatic ring is 1. The number of unbranched alkanes of at least 4 members (excludes halogenated alkanes) is 2. The summed E-state index contributed by atoms with van der Waals surface area (Å²) >= 11 is 0. The van der Waals surface area contributed by atoms with Gasteiger partial charge in [-0.1, -0.05) is 62.2 Å². The monoisotopic (exact) mass is 474 g/mol. The fourth-order valence-corrected chi connectivity index (χ4v) is 3.81. The van der Waals surface area contributed by atoms with Crippen LogP contribution in [0.2, 0.25) is 0 Å². The van der Waals surface area contributed by atoms with Gasteiger partial charge in [-0.15, -0.1) is 0 Å². The Morgan fingerprint density at radius 1 is 1.06 bits per heavy atom. The quantitative estimate of drug-likeness (QED) is 0.299. The lowest BCUT2D eigenvalue weighted by Crippen LogP contribution is -2.42. The highest BCUT2D eigenvalue weighted by molar-refractivity contribution is 6.04. The van der Waals surface area contributed by atoms with Gasteiger partial charge in [-0.25, -0.2) is 4.98 Å². The van der Waals surface area contributed by atoms with Gasteiger partial charge in [0.15, 0.2) is 0 Å². The van der Waals surface area contributed by atoms with E-state index in [1.807, 2.05) is 24.3 Å². The molecule has 1 aliphatic heterocycles. The molecule has 1 aliphatic rings. The van der Waals surface area contributed by atoms with E-state index in [2.05, 4.69) is 63.5 Å². The predicted octanol–water partition coefficient (Wildman–Crippen LogP) is 4.12. The zero-order valence-corrected chi connectivity index (χ0v) is 20.6. The lowest BCUT2D eigenvalue weighted by atomic mass is 10.1. The zero-order chi connectivity index (χ0) is 24.7. The van der Waals surface area contributed by atoms with Crippen LogP contribution in [0.4, 0.5) is 11.5 Å². The third-order valence-electron chi connectivity index (χ3n) is 5.78. The van der Waals surface area contributed by atoms with Gasteiger partial charge >= 0.3 is 0 Å². The number of carbonyl (C=O) groups is 1. The van der Waals surface area contributed by atoms with Gasteiger partial charge in [0, 0.05) is 55.7 Å². The van der Waals surface area contributed by atoms with Crippen LogP contribution >= 0.6 is 0 Å². The Kier molecular flexibility index (Phi) is 11.2. The molecule has 35 heavy (non-hydrogen) atoms. The summed E-state index contributed by atoms with van der Waals surface area (Å²) in [7, 11) is 0. The lowest BCUT2D eigenvalue weighted by molar-refractivity contribution is 0.102. The van der Waals surface area contributed by atoms with E-state index in [1.165, 1.54) is 30.4 Å². The minimum Gasteiger partial charge on any atom is -0.384 e. The number of anilines is 2. The Hall–Kier alpha value is -3.26. The van der Waals surface area contributed by atoms with Gasteiger partial charge in [0.2, 0.25) is 0 Å². The summed E-state index contributed by atoms with van der Waals surface area (Å²) in [5.41, 5.74) is 9.42. The lowest BCUT2D eigenvalue weighted by Gasteiger charge is -2.24. The standard InChI is InChI=1S/C18H24N4O.C10H14N2/c1-2-3-4-10-20-13-14-5-7-15(8-6-14)18(23)22-16-9-11-21-17(19)12-16;1-2-4-9(5-3-1)10-8-11-6-7-12-10/h5-9,11-12,20H,2-4,10,13H2,1H3,(H3,19,21,22,23);1-5,10-12H,6-8H2. The molecule has 7 heteroatoms. The number of benzene rings is 2. The van der Waals surface area contributed by atoms with Gasteiger partial charge in [0.1, 0.15) is 5.82 Å². The second-order valence-electron chi connectivity index (χ2n) is 8.63. The minimum atomic E-state index is -0.155. The molecule has 0 bridgehead atoms. The van der Waals surface area contributed by atoms with Crippen LogP contribution in [0.3, 0.4) is 0 Å². The first-order valence-corrected chi connectivity index (χ1v) is 12.5. The SMILES string of the molecule is CCCCCNCc1ccc(C(=O)Nc2ccnc(N)c2)cc1.c1ccc(C2CNCCN2)cc1. The van der Waals surface area contributed by atoms with Crippen LogP contribution in [0.1, 0.15) is 53.7 Å². The van der Waals surface area contributed by atoms with Crippen molar-refractivity contribution in [2.75, 3.05) is 37.2 Å². The first kappa shape index (κ1) is 26.3. The van der Waals surface area contributed by atoms with E-state index >= 15 is 0 Å². The third-order valence-corrected chi connectivity index (χ3v) is 5.78. The number of rotatable bonds is 9.